The molecule has 2 heterocycles. The van der Waals surface area contributed by atoms with Crippen LogP contribution in [0.15, 0.2) is 30.3 Å². The van der Waals surface area contributed by atoms with Gasteiger partial charge in [0.1, 0.15) is 0 Å². The molecular formula is C19H28N2O4S. The second kappa shape index (κ2) is 8.97. The molecular weight excluding hydrogens is 352 g/mol. The van der Waals surface area contributed by atoms with Crippen molar-refractivity contribution in [3.8, 4) is 0 Å². The quantitative estimate of drug-likeness (QED) is 0.784. The van der Waals surface area contributed by atoms with Gasteiger partial charge in [0.2, 0.25) is 15.9 Å². The second-order valence-electron chi connectivity index (χ2n) is 7.13. The number of sulfonamides is 1. The van der Waals surface area contributed by atoms with Crippen LogP contribution in [0.1, 0.15) is 37.7 Å². The molecule has 0 bridgehead atoms. The van der Waals surface area contributed by atoms with Gasteiger partial charge in [-0.15, -0.1) is 0 Å². The minimum atomic E-state index is -3.33. The van der Waals surface area contributed by atoms with E-state index in [4.69, 9.17) is 4.74 Å². The van der Waals surface area contributed by atoms with Crippen molar-refractivity contribution in [3.05, 3.63) is 35.9 Å². The van der Waals surface area contributed by atoms with Crippen LogP contribution in [0.4, 0.5) is 0 Å². The zero-order chi connectivity index (χ0) is 18.4. The molecule has 26 heavy (non-hydrogen) atoms. The number of ether oxygens (including phenoxy) is 1. The summed E-state index contributed by atoms with van der Waals surface area (Å²) < 4.78 is 32.2. The van der Waals surface area contributed by atoms with Crippen molar-refractivity contribution in [3.63, 3.8) is 0 Å². The number of hydrogen-bond donors (Lipinski definition) is 1. The van der Waals surface area contributed by atoms with Gasteiger partial charge in [0, 0.05) is 32.2 Å². The maximum Gasteiger partial charge on any atom is 0.223 e. The van der Waals surface area contributed by atoms with E-state index in [2.05, 4.69) is 5.32 Å². The number of carbonyl (C=O) groups excluding carboxylic acids is 1. The molecule has 3 rings (SSSR count). The first-order valence-electron chi connectivity index (χ1n) is 9.45. The fourth-order valence-corrected chi connectivity index (χ4v) is 5.21. The SMILES string of the molecule is O=C(NCCC1CCCO1)C1CCN(S(=O)(=O)Cc2ccccc2)CC1. The van der Waals surface area contributed by atoms with E-state index in [0.29, 0.717) is 32.5 Å². The Kier molecular flexibility index (Phi) is 6.67. The molecule has 2 saturated heterocycles. The highest BCUT2D eigenvalue weighted by Crippen LogP contribution is 2.22. The van der Waals surface area contributed by atoms with Crippen molar-refractivity contribution in [1.82, 2.24) is 9.62 Å². The summed E-state index contributed by atoms with van der Waals surface area (Å²) in [6.07, 6.45) is 4.48. The molecule has 1 amide bonds. The van der Waals surface area contributed by atoms with Crippen LogP contribution in [0.5, 0.6) is 0 Å². The number of carbonyl (C=O) groups is 1. The van der Waals surface area contributed by atoms with Crippen molar-refractivity contribution < 1.29 is 17.9 Å². The van der Waals surface area contributed by atoms with Gasteiger partial charge >= 0.3 is 0 Å². The molecule has 0 radical (unpaired) electrons. The number of hydrogen-bond acceptors (Lipinski definition) is 4. The predicted octanol–water partition coefficient (Wildman–Crippen LogP) is 1.91. The van der Waals surface area contributed by atoms with Crippen molar-refractivity contribution >= 4 is 15.9 Å². The summed E-state index contributed by atoms with van der Waals surface area (Å²) in [7, 11) is -3.33. The maximum absolute atomic E-state index is 12.6. The Balaban J connectivity index is 1.42. The molecule has 0 aliphatic carbocycles. The third-order valence-corrected chi connectivity index (χ3v) is 7.05. The topological polar surface area (TPSA) is 75.7 Å². The monoisotopic (exact) mass is 380 g/mol. The Morgan fingerprint density at radius 1 is 1.15 bits per heavy atom. The van der Waals surface area contributed by atoms with Crippen LogP contribution in [0, 0.1) is 5.92 Å². The van der Waals surface area contributed by atoms with Crippen molar-refractivity contribution in [1.29, 1.82) is 0 Å². The Bertz CT molecular complexity index is 679. The lowest BCUT2D eigenvalue weighted by molar-refractivity contribution is -0.126. The molecule has 2 aliphatic rings. The number of piperidine rings is 1. The van der Waals surface area contributed by atoms with Gasteiger partial charge in [0.15, 0.2) is 0 Å². The van der Waals surface area contributed by atoms with Crippen LogP contribution < -0.4 is 5.32 Å². The molecule has 144 valence electrons. The minimum absolute atomic E-state index is 0.0199. The highest BCUT2D eigenvalue weighted by Gasteiger charge is 2.31. The molecule has 7 heteroatoms. The van der Waals surface area contributed by atoms with Crippen LogP contribution in [-0.2, 0) is 25.3 Å². The summed E-state index contributed by atoms with van der Waals surface area (Å²) in [5.74, 6) is -0.0303. The number of rotatable bonds is 7. The number of nitrogens with zero attached hydrogens (tertiary/aromatic N) is 1. The van der Waals surface area contributed by atoms with E-state index in [1.165, 1.54) is 4.31 Å². The molecule has 2 aliphatic heterocycles. The first kappa shape index (κ1) is 19.3. The van der Waals surface area contributed by atoms with Gasteiger partial charge in [0.05, 0.1) is 11.9 Å². The molecule has 1 N–H and O–H groups in total. The molecule has 1 atom stereocenters. The predicted molar refractivity (Wildman–Crippen MR) is 100.0 cm³/mol. The Morgan fingerprint density at radius 2 is 1.88 bits per heavy atom. The average Bonchev–Trinajstić information content (AvgIpc) is 3.16. The van der Waals surface area contributed by atoms with Crippen LogP contribution in [-0.4, -0.2) is 51.0 Å². The zero-order valence-corrected chi connectivity index (χ0v) is 15.9. The molecule has 0 saturated carbocycles. The zero-order valence-electron chi connectivity index (χ0n) is 15.1. The van der Waals surface area contributed by atoms with Crippen LogP contribution >= 0.6 is 0 Å². The standard InChI is InChI=1S/C19H28N2O4S/c22-19(20-11-8-18-7-4-14-25-18)17-9-12-21(13-10-17)26(23,24)15-16-5-2-1-3-6-16/h1-3,5-6,17-18H,4,7-15H2,(H,20,22). The van der Waals surface area contributed by atoms with Crippen LogP contribution in [0.3, 0.4) is 0 Å². The third-order valence-electron chi connectivity index (χ3n) is 5.20. The minimum Gasteiger partial charge on any atom is -0.378 e. The van der Waals surface area contributed by atoms with Crippen molar-refractivity contribution in [2.45, 2.75) is 44.0 Å². The van der Waals surface area contributed by atoms with Crippen LogP contribution in [0.2, 0.25) is 0 Å². The molecule has 1 unspecified atom stereocenters. The summed E-state index contributed by atoms with van der Waals surface area (Å²) in [4.78, 5) is 12.3. The molecule has 1 aromatic carbocycles. The molecule has 6 nitrogen and oxygen atoms in total. The van der Waals surface area contributed by atoms with Crippen LogP contribution in [0.25, 0.3) is 0 Å². The summed E-state index contributed by atoms with van der Waals surface area (Å²) in [5.41, 5.74) is 0.793. The van der Waals surface area contributed by atoms with Gasteiger partial charge in [-0.1, -0.05) is 30.3 Å². The van der Waals surface area contributed by atoms with Gasteiger partial charge in [-0.2, -0.15) is 0 Å². The van der Waals surface area contributed by atoms with Gasteiger partial charge in [0.25, 0.3) is 0 Å². The van der Waals surface area contributed by atoms with E-state index in [9.17, 15) is 13.2 Å². The summed E-state index contributed by atoms with van der Waals surface area (Å²) in [6.45, 7) is 2.29. The van der Waals surface area contributed by atoms with Gasteiger partial charge in [-0.25, -0.2) is 12.7 Å². The molecule has 0 spiro atoms. The lowest BCUT2D eigenvalue weighted by atomic mass is 9.97. The van der Waals surface area contributed by atoms with Crippen molar-refractivity contribution in [2.75, 3.05) is 26.2 Å². The fourth-order valence-electron chi connectivity index (χ4n) is 3.65. The van der Waals surface area contributed by atoms with Crippen molar-refractivity contribution in [2.24, 2.45) is 5.92 Å². The number of nitrogens with one attached hydrogen (secondary N) is 1. The Hall–Kier alpha value is -1.44. The van der Waals surface area contributed by atoms with E-state index in [1.807, 2.05) is 30.3 Å². The lowest BCUT2D eigenvalue weighted by Crippen LogP contribution is -2.43. The largest absolute Gasteiger partial charge is 0.378 e. The lowest BCUT2D eigenvalue weighted by Gasteiger charge is -2.30. The Labute approximate surface area is 156 Å². The molecule has 0 aromatic heterocycles. The molecule has 1 aromatic rings. The first-order chi connectivity index (χ1) is 12.5. The van der Waals surface area contributed by atoms with E-state index in [1.54, 1.807) is 0 Å². The smallest absolute Gasteiger partial charge is 0.223 e. The van der Waals surface area contributed by atoms with E-state index >= 15 is 0 Å². The second-order valence-corrected chi connectivity index (χ2v) is 9.10. The highest BCUT2D eigenvalue weighted by molar-refractivity contribution is 7.88. The fraction of sp³-hybridized carbons (Fsp3) is 0.632. The van der Waals surface area contributed by atoms with E-state index in [-0.39, 0.29) is 23.7 Å². The highest BCUT2D eigenvalue weighted by atomic mass is 32.2. The van der Waals surface area contributed by atoms with Gasteiger partial charge in [-0.3, -0.25) is 4.79 Å². The average molecular weight is 381 g/mol. The summed E-state index contributed by atoms with van der Waals surface area (Å²) >= 11 is 0. The normalized spacial score (nSPS) is 22.4. The van der Waals surface area contributed by atoms with E-state index < -0.39 is 10.0 Å². The van der Waals surface area contributed by atoms with Gasteiger partial charge < -0.3 is 10.1 Å². The first-order valence-corrected chi connectivity index (χ1v) is 11.1. The van der Waals surface area contributed by atoms with Gasteiger partial charge in [-0.05, 0) is 37.7 Å². The number of amides is 1. The summed E-state index contributed by atoms with van der Waals surface area (Å²) in [5, 5.41) is 2.99. The Morgan fingerprint density at radius 3 is 2.54 bits per heavy atom. The molecule has 2 fully saturated rings. The maximum atomic E-state index is 12.6. The number of benzene rings is 1. The van der Waals surface area contributed by atoms with E-state index in [0.717, 1.165) is 31.4 Å². The summed E-state index contributed by atoms with van der Waals surface area (Å²) in [6, 6.07) is 9.22. The third kappa shape index (κ3) is 5.28.